The first-order valence-corrected chi connectivity index (χ1v) is 6.21. The number of imidazole rings is 1. The average Bonchev–Trinajstić information content (AvgIpc) is 2.77. The maximum atomic E-state index is 13.1. The van der Waals surface area contributed by atoms with Crippen molar-refractivity contribution in [1.82, 2.24) is 9.55 Å². The molecule has 3 nitrogen and oxygen atoms in total. The first-order valence-electron chi connectivity index (χ1n) is 6.21. The van der Waals surface area contributed by atoms with E-state index in [-0.39, 0.29) is 11.9 Å². The topological polar surface area (TPSA) is 43.8 Å². The minimum atomic E-state index is -0.250. The van der Waals surface area contributed by atoms with E-state index < -0.39 is 0 Å². The van der Waals surface area contributed by atoms with E-state index in [9.17, 15) is 4.39 Å². The Hall–Kier alpha value is -1.68. The van der Waals surface area contributed by atoms with Crippen LogP contribution in [0.25, 0.3) is 0 Å². The third-order valence-corrected chi connectivity index (χ3v) is 2.95. The molecule has 1 atom stereocenters. The molecule has 0 saturated heterocycles. The van der Waals surface area contributed by atoms with Crippen molar-refractivity contribution in [2.75, 3.05) is 0 Å². The van der Waals surface area contributed by atoms with Gasteiger partial charge in [-0.3, -0.25) is 0 Å². The molecule has 1 aromatic carbocycles. The quantitative estimate of drug-likeness (QED) is 0.882. The van der Waals surface area contributed by atoms with E-state index >= 15 is 0 Å². The molecule has 0 saturated carbocycles. The van der Waals surface area contributed by atoms with E-state index in [1.807, 2.05) is 12.3 Å². The van der Waals surface area contributed by atoms with Gasteiger partial charge in [0, 0.05) is 31.4 Å². The van der Waals surface area contributed by atoms with Gasteiger partial charge in [0.2, 0.25) is 0 Å². The van der Waals surface area contributed by atoms with E-state index in [0.717, 1.165) is 24.4 Å². The number of rotatable bonds is 5. The Morgan fingerprint density at radius 2 is 2.28 bits per heavy atom. The molecule has 0 fully saturated rings. The lowest BCUT2D eigenvalue weighted by atomic mass is 10.0. The van der Waals surface area contributed by atoms with E-state index in [1.54, 1.807) is 12.3 Å². The Bertz CT molecular complexity index is 507. The van der Waals surface area contributed by atoms with Crippen LogP contribution in [0.1, 0.15) is 30.8 Å². The number of nitrogens with two attached hydrogens (primary N) is 1. The van der Waals surface area contributed by atoms with Crippen molar-refractivity contribution in [3.05, 3.63) is 53.9 Å². The maximum Gasteiger partial charge on any atom is 0.123 e. The van der Waals surface area contributed by atoms with Crippen LogP contribution in [-0.4, -0.2) is 9.55 Å². The first kappa shape index (κ1) is 12.8. The monoisotopic (exact) mass is 247 g/mol. The summed E-state index contributed by atoms with van der Waals surface area (Å²) in [5, 5.41) is 0. The van der Waals surface area contributed by atoms with Gasteiger partial charge >= 0.3 is 0 Å². The van der Waals surface area contributed by atoms with Crippen LogP contribution >= 0.6 is 0 Å². The molecule has 18 heavy (non-hydrogen) atoms. The lowest BCUT2D eigenvalue weighted by Crippen LogP contribution is -2.16. The molecule has 1 aromatic heterocycles. The van der Waals surface area contributed by atoms with E-state index in [4.69, 9.17) is 5.73 Å². The molecule has 1 unspecified atom stereocenters. The van der Waals surface area contributed by atoms with Crippen LogP contribution in [0.2, 0.25) is 0 Å². The maximum absolute atomic E-state index is 13.1. The van der Waals surface area contributed by atoms with Gasteiger partial charge in [0.15, 0.2) is 0 Å². The van der Waals surface area contributed by atoms with Crippen molar-refractivity contribution in [2.24, 2.45) is 5.73 Å². The fourth-order valence-corrected chi connectivity index (χ4v) is 2.03. The molecule has 0 aliphatic carbocycles. The van der Waals surface area contributed by atoms with Gasteiger partial charge in [-0.1, -0.05) is 19.1 Å². The summed E-state index contributed by atoms with van der Waals surface area (Å²) in [6.45, 7) is 3.06. The summed E-state index contributed by atoms with van der Waals surface area (Å²) in [7, 11) is 0. The molecule has 1 heterocycles. The number of aryl methyl sites for hydroxylation is 1. The van der Waals surface area contributed by atoms with Crippen LogP contribution in [0, 0.1) is 5.82 Å². The molecule has 2 rings (SSSR count). The Kier molecular flexibility index (Phi) is 4.10. The van der Waals surface area contributed by atoms with Crippen LogP contribution in [0.3, 0.4) is 0 Å². The second-order valence-electron chi connectivity index (χ2n) is 4.40. The lowest BCUT2D eigenvalue weighted by molar-refractivity contribution is 0.590. The zero-order chi connectivity index (χ0) is 13.0. The summed E-state index contributed by atoms with van der Waals surface area (Å²) in [4.78, 5) is 4.31. The largest absolute Gasteiger partial charge is 0.335 e. The van der Waals surface area contributed by atoms with Crippen LogP contribution in [0.5, 0.6) is 0 Å². The van der Waals surface area contributed by atoms with Crippen LogP contribution in [0.15, 0.2) is 36.7 Å². The Morgan fingerprint density at radius 1 is 1.44 bits per heavy atom. The number of aromatic nitrogens is 2. The van der Waals surface area contributed by atoms with E-state index in [1.165, 1.54) is 12.1 Å². The fraction of sp³-hybridized carbons (Fsp3) is 0.357. The summed E-state index contributed by atoms with van der Waals surface area (Å²) < 4.78 is 15.2. The minimum Gasteiger partial charge on any atom is -0.335 e. The minimum absolute atomic E-state index is 0.223. The highest BCUT2D eigenvalue weighted by atomic mass is 19.1. The second-order valence-corrected chi connectivity index (χ2v) is 4.40. The number of nitrogens with zero attached hydrogens (tertiary/aromatic N) is 2. The predicted molar refractivity (Wildman–Crippen MR) is 69.6 cm³/mol. The molecule has 0 aliphatic rings. The van der Waals surface area contributed by atoms with Crippen LogP contribution < -0.4 is 5.73 Å². The van der Waals surface area contributed by atoms with Crippen LogP contribution in [0.4, 0.5) is 4.39 Å². The van der Waals surface area contributed by atoms with Gasteiger partial charge in [-0.25, -0.2) is 9.37 Å². The molecule has 4 heteroatoms. The predicted octanol–water partition coefficient (Wildman–Crippen LogP) is 2.67. The van der Waals surface area contributed by atoms with Gasteiger partial charge in [-0.05, 0) is 24.1 Å². The normalized spacial score (nSPS) is 12.6. The summed E-state index contributed by atoms with van der Waals surface area (Å²) in [5.74, 6) is 0.702. The molecule has 0 aliphatic heterocycles. The van der Waals surface area contributed by atoms with Crippen molar-refractivity contribution in [3.8, 4) is 0 Å². The highest BCUT2D eigenvalue weighted by molar-refractivity contribution is 5.20. The molecule has 0 radical (unpaired) electrons. The Labute approximate surface area is 106 Å². The Morgan fingerprint density at radius 3 is 3.00 bits per heavy atom. The molecule has 0 amide bonds. The zero-order valence-corrected chi connectivity index (χ0v) is 10.5. The van der Waals surface area contributed by atoms with Crippen molar-refractivity contribution >= 4 is 0 Å². The summed E-state index contributed by atoms with van der Waals surface area (Å²) in [6, 6.07) is 6.22. The Balaban J connectivity index is 2.11. The van der Waals surface area contributed by atoms with Crippen LogP contribution in [-0.2, 0) is 13.0 Å². The van der Waals surface area contributed by atoms with Crippen molar-refractivity contribution in [2.45, 2.75) is 32.4 Å². The SMILES string of the molecule is CCCn1ccnc1CC(N)c1cccc(F)c1. The smallest absolute Gasteiger partial charge is 0.123 e. The number of hydrogen-bond donors (Lipinski definition) is 1. The molecule has 0 bridgehead atoms. The molecule has 2 aromatic rings. The summed E-state index contributed by atoms with van der Waals surface area (Å²) >= 11 is 0. The zero-order valence-electron chi connectivity index (χ0n) is 10.5. The van der Waals surface area contributed by atoms with Gasteiger partial charge < -0.3 is 10.3 Å². The molecule has 96 valence electrons. The summed E-state index contributed by atoms with van der Waals surface area (Å²) in [5.41, 5.74) is 6.91. The standard InChI is InChI=1S/C14H18FN3/c1-2-7-18-8-6-17-14(18)10-13(16)11-4-3-5-12(15)9-11/h3-6,8-9,13H,2,7,10,16H2,1H3. The van der Waals surface area contributed by atoms with Gasteiger partial charge in [-0.15, -0.1) is 0 Å². The molecular weight excluding hydrogens is 229 g/mol. The highest BCUT2D eigenvalue weighted by Gasteiger charge is 2.11. The third-order valence-electron chi connectivity index (χ3n) is 2.95. The lowest BCUT2D eigenvalue weighted by Gasteiger charge is -2.13. The molecule has 2 N–H and O–H groups in total. The van der Waals surface area contributed by atoms with Crippen molar-refractivity contribution in [1.29, 1.82) is 0 Å². The highest BCUT2D eigenvalue weighted by Crippen LogP contribution is 2.16. The van der Waals surface area contributed by atoms with Gasteiger partial charge in [0.25, 0.3) is 0 Å². The fourth-order valence-electron chi connectivity index (χ4n) is 2.03. The second kappa shape index (κ2) is 5.78. The van der Waals surface area contributed by atoms with E-state index in [2.05, 4.69) is 16.5 Å². The van der Waals surface area contributed by atoms with E-state index in [0.29, 0.717) is 6.42 Å². The molecular formula is C14H18FN3. The van der Waals surface area contributed by atoms with Crippen molar-refractivity contribution < 1.29 is 4.39 Å². The number of hydrogen-bond acceptors (Lipinski definition) is 2. The third kappa shape index (κ3) is 2.96. The van der Waals surface area contributed by atoms with Gasteiger partial charge in [-0.2, -0.15) is 0 Å². The molecule has 0 spiro atoms. The summed E-state index contributed by atoms with van der Waals surface area (Å²) in [6.07, 6.45) is 5.41. The first-order chi connectivity index (χ1) is 8.70. The van der Waals surface area contributed by atoms with Gasteiger partial charge in [0.05, 0.1) is 0 Å². The number of benzene rings is 1. The van der Waals surface area contributed by atoms with Crippen molar-refractivity contribution in [3.63, 3.8) is 0 Å². The number of halogens is 1. The van der Waals surface area contributed by atoms with Gasteiger partial charge in [0.1, 0.15) is 11.6 Å². The average molecular weight is 247 g/mol.